The van der Waals surface area contributed by atoms with Crippen molar-refractivity contribution in [1.29, 1.82) is 0 Å². The lowest BCUT2D eigenvalue weighted by Gasteiger charge is -2.35. The summed E-state index contributed by atoms with van der Waals surface area (Å²) < 4.78 is 5.89. The quantitative estimate of drug-likeness (QED) is 0.452. The molecule has 1 aromatic carbocycles. The van der Waals surface area contributed by atoms with Gasteiger partial charge in [-0.3, -0.25) is 9.69 Å². The van der Waals surface area contributed by atoms with E-state index in [2.05, 4.69) is 20.9 Å². The topological polar surface area (TPSA) is 65.9 Å². The maximum absolute atomic E-state index is 12.3. The predicted octanol–water partition coefficient (Wildman–Crippen LogP) is 4.31. The molecular weight excluding hydrogens is 390 g/mol. The van der Waals surface area contributed by atoms with Gasteiger partial charge in [0.25, 0.3) is 0 Å². The number of ketones is 1. The number of hydrogen-bond acceptors (Lipinski definition) is 6. The van der Waals surface area contributed by atoms with Crippen LogP contribution < -0.4 is 9.64 Å². The standard InChI is InChI=1S/C25H35N3O3/c1-19(2)18-22(29)21-9-10-23(20(3)25(21)30)31-17-7-6-12-27-13-15-28(16-14-27)24-8-4-5-11-26-24/h4-5,8-11,19,30H,6-7,12-18H2,1-3H3. The first-order valence-electron chi connectivity index (χ1n) is 11.3. The summed E-state index contributed by atoms with van der Waals surface area (Å²) in [5.74, 6) is 2.01. The molecule has 31 heavy (non-hydrogen) atoms. The summed E-state index contributed by atoms with van der Waals surface area (Å²) in [6.45, 7) is 11.6. The van der Waals surface area contributed by atoms with Gasteiger partial charge < -0.3 is 14.7 Å². The Bertz CT molecular complexity index is 847. The summed E-state index contributed by atoms with van der Waals surface area (Å²) in [5.41, 5.74) is 1.03. The lowest BCUT2D eigenvalue weighted by molar-refractivity contribution is 0.0965. The van der Waals surface area contributed by atoms with Gasteiger partial charge in [-0.2, -0.15) is 0 Å². The van der Waals surface area contributed by atoms with E-state index >= 15 is 0 Å². The lowest BCUT2D eigenvalue weighted by Crippen LogP contribution is -2.46. The molecule has 1 saturated heterocycles. The van der Waals surface area contributed by atoms with E-state index < -0.39 is 0 Å². The summed E-state index contributed by atoms with van der Waals surface area (Å²) in [5, 5.41) is 10.4. The molecule has 6 nitrogen and oxygen atoms in total. The molecule has 0 amide bonds. The van der Waals surface area contributed by atoms with E-state index in [4.69, 9.17) is 4.74 Å². The highest BCUT2D eigenvalue weighted by Gasteiger charge is 2.18. The molecule has 0 radical (unpaired) electrons. The average Bonchev–Trinajstić information content (AvgIpc) is 2.77. The van der Waals surface area contributed by atoms with Crippen molar-refractivity contribution in [3.05, 3.63) is 47.7 Å². The van der Waals surface area contributed by atoms with Crippen LogP contribution in [-0.4, -0.2) is 60.1 Å². The average molecular weight is 426 g/mol. The number of carbonyl (C=O) groups excluding carboxylic acids is 1. The smallest absolute Gasteiger partial charge is 0.166 e. The number of anilines is 1. The molecule has 0 spiro atoms. The van der Waals surface area contributed by atoms with Gasteiger partial charge in [0, 0.05) is 44.4 Å². The number of Topliss-reactive ketones (excluding diaryl/α,β-unsaturated/α-hetero) is 1. The number of ether oxygens (including phenoxy) is 1. The minimum absolute atomic E-state index is 0.0229. The number of piperazine rings is 1. The molecule has 0 unspecified atom stereocenters. The molecule has 2 heterocycles. The summed E-state index contributed by atoms with van der Waals surface area (Å²) in [7, 11) is 0. The zero-order valence-electron chi connectivity index (χ0n) is 19.0. The molecule has 1 aliphatic heterocycles. The fourth-order valence-electron chi connectivity index (χ4n) is 3.90. The second kappa shape index (κ2) is 11.1. The number of hydrogen-bond donors (Lipinski definition) is 1. The van der Waals surface area contributed by atoms with E-state index in [1.165, 1.54) is 0 Å². The third-order valence-electron chi connectivity index (χ3n) is 5.75. The largest absolute Gasteiger partial charge is 0.507 e. The zero-order chi connectivity index (χ0) is 22.2. The number of phenols is 1. The highest BCUT2D eigenvalue weighted by molar-refractivity contribution is 5.99. The van der Waals surface area contributed by atoms with Gasteiger partial charge in [0.15, 0.2) is 5.78 Å². The van der Waals surface area contributed by atoms with Crippen molar-refractivity contribution in [2.24, 2.45) is 5.92 Å². The molecule has 3 rings (SSSR count). The van der Waals surface area contributed by atoms with Crippen LogP contribution in [0.2, 0.25) is 0 Å². The molecule has 2 aromatic rings. The molecule has 0 atom stereocenters. The lowest BCUT2D eigenvalue weighted by atomic mass is 9.98. The van der Waals surface area contributed by atoms with E-state index in [9.17, 15) is 9.90 Å². The third-order valence-corrected chi connectivity index (χ3v) is 5.75. The molecule has 168 valence electrons. The molecule has 1 N–H and O–H groups in total. The Morgan fingerprint density at radius 2 is 1.90 bits per heavy atom. The van der Waals surface area contributed by atoms with Crippen molar-refractivity contribution < 1.29 is 14.6 Å². The van der Waals surface area contributed by atoms with Gasteiger partial charge in [0.1, 0.15) is 17.3 Å². The highest BCUT2D eigenvalue weighted by Crippen LogP contribution is 2.32. The van der Waals surface area contributed by atoms with E-state index in [1.54, 1.807) is 19.1 Å². The Hall–Kier alpha value is -2.60. The second-order valence-electron chi connectivity index (χ2n) is 8.68. The van der Waals surface area contributed by atoms with Crippen LogP contribution in [0.1, 0.15) is 49.0 Å². The molecule has 0 aliphatic carbocycles. The van der Waals surface area contributed by atoms with E-state index in [-0.39, 0.29) is 17.5 Å². The van der Waals surface area contributed by atoms with E-state index in [1.807, 2.05) is 32.2 Å². The normalized spacial score (nSPS) is 14.8. The highest BCUT2D eigenvalue weighted by atomic mass is 16.5. The second-order valence-corrected chi connectivity index (χ2v) is 8.68. The van der Waals surface area contributed by atoms with Crippen molar-refractivity contribution in [2.75, 3.05) is 44.2 Å². The first-order valence-corrected chi connectivity index (χ1v) is 11.3. The van der Waals surface area contributed by atoms with Gasteiger partial charge in [0.2, 0.25) is 0 Å². The molecule has 0 saturated carbocycles. The predicted molar refractivity (Wildman–Crippen MR) is 124 cm³/mol. The molecule has 1 aliphatic rings. The number of aromatic nitrogens is 1. The van der Waals surface area contributed by atoms with Crippen LogP contribution >= 0.6 is 0 Å². The minimum atomic E-state index is -0.0229. The van der Waals surface area contributed by atoms with Crippen LogP contribution in [0.4, 0.5) is 5.82 Å². The first-order chi connectivity index (χ1) is 15.0. The Morgan fingerprint density at radius 1 is 1.13 bits per heavy atom. The van der Waals surface area contributed by atoms with Gasteiger partial charge >= 0.3 is 0 Å². The van der Waals surface area contributed by atoms with Gasteiger partial charge in [-0.15, -0.1) is 0 Å². The maximum Gasteiger partial charge on any atom is 0.166 e. The number of unbranched alkanes of at least 4 members (excludes halogenated alkanes) is 1. The molecule has 1 aromatic heterocycles. The van der Waals surface area contributed by atoms with Crippen molar-refractivity contribution in [3.8, 4) is 11.5 Å². The molecule has 1 fully saturated rings. The van der Waals surface area contributed by atoms with E-state index in [0.717, 1.165) is 51.4 Å². The number of benzene rings is 1. The minimum Gasteiger partial charge on any atom is -0.507 e. The Labute approximate surface area is 185 Å². The number of phenolic OH excluding ortho intramolecular Hbond substituents is 1. The Morgan fingerprint density at radius 3 is 2.58 bits per heavy atom. The fourth-order valence-corrected chi connectivity index (χ4v) is 3.90. The molecular formula is C25H35N3O3. The molecule has 6 heteroatoms. The Balaban J connectivity index is 1.37. The SMILES string of the molecule is Cc1c(OCCCCN2CCN(c3ccccn3)CC2)ccc(C(=O)CC(C)C)c1O. The zero-order valence-corrected chi connectivity index (χ0v) is 19.0. The van der Waals surface area contributed by atoms with Crippen molar-refractivity contribution >= 4 is 11.6 Å². The molecule has 0 bridgehead atoms. The summed E-state index contributed by atoms with van der Waals surface area (Å²) in [6, 6.07) is 9.54. The third kappa shape index (κ3) is 6.44. The number of rotatable bonds is 10. The fraction of sp³-hybridized carbons (Fsp3) is 0.520. The van der Waals surface area contributed by atoms with Gasteiger partial charge in [-0.05, 0) is 56.5 Å². The van der Waals surface area contributed by atoms with Crippen LogP contribution in [0, 0.1) is 12.8 Å². The van der Waals surface area contributed by atoms with Crippen molar-refractivity contribution in [3.63, 3.8) is 0 Å². The number of aromatic hydroxyl groups is 1. The number of carbonyl (C=O) groups is 1. The van der Waals surface area contributed by atoms with Crippen molar-refractivity contribution in [2.45, 2.75) is 40.0 Å². The summed E-state index contributed by atoms with van der Waals surface area (Å²) >= 11 is 0. The van der Waals surface area contributed by atoms with Gasteiger partial charge in [-0.25, -0.2) is 4.98 Å². The van der Waals surface area contributed by atoms with E-state index in [0.29, 0.717) is 29.9 Å². The first kappa shape index (κ1) is 23.1. The van der Waals surface area contributed by atoms with Crippen LogP contribution in [0.15, 0.2) is 36.5 Å². The monoisotopic (exact) mass is 425 g/mol. The van der Waals surface area contributed by atoms with Crippen LogP contribution in [0.25, 0.3) is 0 Å². The maximum atomic E-state index is 12.3. The van der Waals surface area contributed by atoms with Gasteiger partial charge in [0.05, 0.1) is 12.2 Å². The Kier molecular flexibility index (Phi) is 8.29. The van der Waals surface area contributed by atoms with Crippen LogP contribution in [0.3, 0.4) is 0 Å². The van der Waals surface area contributed by atoms with Crippen LogP contribution in [0.5, 0.6) is 11.5 Å². The number of pyridine rings is 1. The number of nitrogens with zero attached hydrogens (tertiary/aromatic N) is 3. The van der Waals surface area contributed by atoms with Gasteiger partial charge in [-0.1, -0.05) is 19.9 Å². The summed E-state index contributed by atoms with van der Waals surface area (Å²) in [4.78, 5) is 21.5. The van der Waals surface area contributed by atoms with Crippen molar-refractivity contribution in [1.82, 2.24) is 9.88 Å². The van der Waals surface area contributed by atoms with Crippen LogP contribution in [-0.2, 0) is 0 Å². The summed E-state index contributed by atoms with van der Waals surface area (Å²) in [6.07, 6.45) is 4.30.